The van der Waals surface area contributed by atoms with E-state index >= 15 is 0 Å². The van der Waals surface area contributed by atoms with E-state index in [9.17, 15) is 9.59 Å². The van der Waals surface area contributed by atoms with E-state index in [1.165, 1.54) is 7.11 Å². The summed E-state index contributed by atoms with van der Waals surface area (Å²) in [5, 5.41) is 0.429. The zero-order valence-electron chi connectivity index (χ0n) is 18.7. The van der Waals surface area contributed by atoms with E-state index in [4.69, 9.17) is 36.5 Å². The van der Waals surface area contributed by atoms with Crippen molar-refractivity contribution in [2.75, 3.05) is 26.9 Å². The molecule has 0 bridgehead atoms. The van der Waals surface area contributed by atoms with Gasteiger partial charge in [0.1, 0.15) is 11.5 Å². The number of carbonyl (C=O) groups excluding carboxylic acids is 2. The Morgan fingerprint density at radius 1 is 1.26 bits per heavy atom. The number of nitrogens with zero attached hydrogens (tertiary/aromatic N) is 1. The maximum Gasteiger partial charge on any atom is 0.336 e. The molecule has 2 rings (SSSR count). The lowest BCUT2D eigenvalue weighted by atomic mass is 9.73. The molecular formula is C23H31ClN2O5. The topological polar surface area (TPSA) is 100 Å². The molecule has 3 unspecified atom stereocenters. The van der Waals surface area contributed by atoms with Crippen molar-refractivity contribution in [3.05, 3.63) is 46.1 Å². The quantitative estimate of drug-likeness (QED) is 0.576. The molecule has 0 amide bonds. The highest BCUT2D eigenvalue weighted by molar-refractivity contribution is 6.31. The van der Waals surface area contributed by atoms with Gasteiger partial charge in [-0.1, -0.05) is 36.7 Å². The number of methoxy groups -OCH3 is 1. The number of aliphatic imine (C=N–C) groups is 1. The van der Waals surface area contributed by atoms with E-state index in [0.717, 1.165) is 0 Å². The molecule has 0 saturated heterocycles. The number of esters is 2. The van der Waals surface area contributed by atoms with Crippen molar-refractivity contribution in [3.63, 3.8) is 0 Å². The third kappa shape index (κ3) is 5.17. The van der Waals surface area contributed by atoms with Gasteiger partial charge in [-0.25, -0.2) is 4.79 Å². The third-order valence-electron chi connectivity index (χ3n) is 5.54. The van der Waals surface area contributed by atoms with Crippen LogP contribution in [0.3, 0.4) is 0 Å². The summed E-state index contributed by atoms with van der Waals surface area (Å²) in [6.07, 6.45) is 0.528. The lowest BCUT2D eigenvalue weighted by molar-refractivity contribution is -0.144. The molecule has 0 aromatic heterocycles. The van der Waals surface area contributed by atoms with Crippen LogP contribution in [0.5, 0.6) is 0 Å². The molecule has 1 heterocycles. The van der Waals surface area contributed by atoms with Gasteiger partial charge in [-0.3, -0.25) is 9.79 Å². The molecule has 2 N–H and O–H groups in total. The summed E-state index contributed by atoms with van der Waals surface area (Å²) in [6.45, 7) is 8.04. The lowest BCUT2D eigenvalue weighted by Crippen LogP contribution is -2.42. The Kier molecular flexibility index (Phi) is 8.79. The second-order valence-electron chi connectivity index (χ2n) is 7.46. The molecule has 1 aromatic rings. The standard InChI is InChI=1S/C23H31ClN2O5/c1-6-23(4,31-13-12-25)20-19(22(28)30-7-2)18(15-10-8-9-11-16(15)24)17(14(3)26-20)21(27)29-5/h8-11,17-18H,6-7,12-13,25H2,1-5H3. The van der Waals surface area contributed by atoms with Crippen LogP contribution in [0.4, 0.5) is 0 Å². The highest BCUT2D eigenvalue weighted by Gasteiger charge is 2.47. The molecule has 3 atom stereocenters. The van der Waals surface area contributed by atoms with Gasteiger partial charge in [-0.15, -0.1) is 0 Å². The zero-order valence-corrected chi connectivity index (χ0v) is 19.5. The highest BCUT2D eigenvalue weighted by Crippen LogP contribution is 2.46. The average Bonchev–Trinajstić information content (AvgIpc) is 2.76. The summed E-state index contributed by atoms with van der Waals surface area (Å²) in [5.74, 6) is -2.64. The Labute approximate surface area is 188 Å². The summed E-state index contributed by atoms with van der Waals surface area (Å²) in [6, 6.07) is 7.11. The van der Waals surface area contributed by atoms with Crippen molar-refractivity contribution in [3.8, 4) is 0 Å². The van der Waals surface area contributed by atoms with Crippen LogP contribution in [-0.2, 0) is 23.8 Å². The molecule has 8 heteroatoms. The lowest BCUT2D eigenvalue weighted by Gasteiger charge is -2.38. The minimum Gasteiger partial charge on any atom is -0.468 e. The number of carbonyl (C=O) groups is 2. The van der Waals surface area contributed by atoms with Crippen LogP contribution in [0, 0.1) is 5.92 Å². The van der Waals surface area contributed by atoms with Crippen molar-refractivity contribution >= 4 is 29.3 Å². The Balaban J connectivity index is 2.87. The summed E-state index contributed by atoms with van der Waals surface area (Å²) in [5.41, 5.74) is 6.54. The minimum absolute atomic E-state index is 0.170. The van der Waals surface area contributed by atoms with E-state index in [2.05, 4.69) is 0 Å². The maximum atomic E-state index is 13.3. The van der Waals surface area contributed by atoms with E-state index in [0.29, 0.717) is 35.0 Å². The van der Waals surface area contributed by atoms with Gasteiger partial charge in [0.25, 0.3) is 0 Å². The monoisotopic (exact) mass is 450 g/mol. The van der Waals surface area contributed by atoms with Gasteiger partial charge in [0, 0.05) is 23.2 Å². The Hall–Kier alpha value is -2.22. The number of ether oxygens (including phenoxy) is 3. The highest BCUT2D eigenvalue weighted by atomic mass is 35.5. The second-order valence-corrected chi connectivity index (χ2v) is 7.86. The summed E-state index contributed by atoms with van der Waals surface area (Å²) < 4.78 is 16.5. The smallest absolute Gasteiger partial charge is 0.336 e. The first-order chi connectivity index (χ1) is 14.7. The fraction of sp³-hybridized carbons (Fsp3) is 0.522. The average molecular weight is 451 g/mol. The SMILES string of the molecule is CCOC(=O)C1=C(C(C)(CC)OCCN)N=C(C)C(C(=O)OC)C1c1ccccc1Cl. The molecule has 0 fully saturated rings. The summed E-state index contributed by atoms with van der Waals surface area (Å²) in [4.78, 5) is 30.8. The minimum atomic E-state index is -0.913. The molecule has 0 saturated carbocycles. The van der Waals surface area contributed by atoms with Gasteiger partial charge in [0.2, 0.25) is 0 Å². The van der Waals surface area contributed by atoms with Gasteiger partial charge < -0.3 is 19.9 Å². The normalized spacial score (nSPS) is 20.7. The molecule has 1 aliphatic rings. The van der Waals surface area contributed by atoms with Crippen LogP contribution < -0.4 is 5.73 Å². The first kappa shape index (κ1) is 25.0. The van der Waals surface area contributed by atoms with Gasteiger partial charge in [-0.05, 0) is 38.8 Å². The van der Waals surface area contributed by atoms with E-state index in [1.54, 1.807) is 32.0 Å². The molecule has 0 aliphatic carbocycles. The van der Waals surface area contributed by atoms with Crippen LogP contribution in [0.2, 0.25) is 5.02 Å². The molecule has 170 valence electrons. The first-order valence-electron chi connectivity index (χ1n) is 10.4. The fourth-order valence-corrected chi connectivity index (χ4v) is 4.07. The Morgan fingerprint density at radius 2 is 1.94 bits per heavy atom. The third-order valence-corrected chi connectivity index (χ3v) is 5.89. The van der Waals surface area contributed by atoms with E-state index < -0.39 is 29.4 Å². The molecule has 0 spiro atoms. The molecule has 1 aromatic carbocycles. The number of benzene rings is 1. The number of hydrogen-bond acceptors (Lipinski definition) is 7. The number of hydrogen-bond donors (Lipinski definition) is 1. The zero-order chi connectivity index (χ0) is 23.2. The number of halogens is 1. The molecule has 1 aliphatic heterocycles. The summed E-state index contributed by atoms with van der Waals surface area (Å²) >= 11 is 6.53. The van der Waals surface area contributed by atoms with Crippen molar-refractivity contribution in [2.45, 2.75) is 45.6 Å². The van der Waals surface area contributed by atoms with Gasteiger partial charge >= 0.3 is 11.9 Å². The second kappa shape index (κ2) is 10.9. The number of rotatable bonds is 9. The van der Waals surface area contributed by atoms with E-state index in [1.807, 2.05) is 19.9 Å². The van der Waals surface area contributed by atoms with Crippen LogP contribution in [0.25, 0.3) is 0 Å². The maximum absolute atomic E-state index is 13.3. The van der Waals surface area contributed by atoms with Crippen molar-refractivity contribution < 1.29 is 23.8 Å². The number of nitrogens with two attached hydrogens (primary N) is 1. The molecule has 7 nitrogen and oxygen atoms in total. The largest absolute Gasteiger partial charge is 0.468 e. The van der Waals surface area contributed by atoms with Crippen LogP contribution in [0.1, 0.15) is 45.6 Å². The van der Waals surface area contributed by atoms with Crippen molar-refractivity contribution in [1.29, 1.82) is 0 Å². The van der Waals surface area contributed by atoms with Crippen LogP contribution >= 0.6 is 11.6 Å². The predicted octanol–water partition coefficient (Wildman–Crippen LogP) is 3.65. The van der Waals surface area contributed by atoms with Gasteiger partial charge in [-0.2, -0.15) is 0 Å². The summed E-state index contributed by atoms with van der Waals surface area (Å²) in [7, 11) is 1.31. The molecule has 31 heavy (non-hydrogen) atoms. The van der Waals surface area contributed by atoms with Crippen LogP contribution in [0.15, 0.2) is 40.5 Å². The van der Waals surface area contributed by atoms with Gasteiger partial charge in [0.15, 0.2) is 0 Å². The first-order valence-corrected chi connectivity index (χ1v) is 10.8. The predicted molar refractivity (Wildman–Crippen MR) is 120 cm³/mol. The molecular weight excluding hydrogens is 420 g/mol. The Bertz CT molecular complexity index is 882. The van der Waals surface area contributed by atoms with Crippen LogP contribution in [-0.4, -0.2) is 50.1 Å². The van der Waals surface area contributed by atoms with Crippen molar-refractivity contribution in [1.82, 2.24) is 0 Å². The fourth-order valence-electron chi connectivity index (χ4n) is 3.81. The Morgan fingerprint density at radius 3 is 2.48 bits per heavy atom. The van der Waals surface area contributed by atoms with Crippen molar-refractivity contribution in [2.24, 2.45) is 16.6 Å². The van der Waals surface area contributed by atoms with Gasteiger partial charge in [0.05, 0.1) is 31.6 Å². The van der Waals surface area contributed by atoms with E-state index in [-0.39, 0.29) is 18.8 Å². The molecule has 0 radical (unpaired) electrons.